The zero-order chi connectivity index (χ0) is 13.4. The monoisotopic (exact) mass is 255 g/mol. The normalized spacial score (nSPS) is 27.3. The molecule has 1 rings (SSSR count). The van der Waals surface area contributed by atoms with Gasteiger partial charge in [-0.3, -0.25) is 4.79 Å². The highest BCUT2D eigenvalue weighted by Gasteiger charge is 2.46. The predicted octanol–water partition coefficient (Wildman–Crippen LogP) is 2.56. The van der Waals surface area contributed by atoms with Crippen LogP contribution in [-0.4, -0.2) is 30.3 Å². The summed E-state index contributed by atoms with van der Waals surface area (Å²) in [5, 5.41) is 13.6. The van der Waals surface area contributed by atoms with E-state index in [4.69, 9.17) is 10.3 Å². The van der Waals surface area contributed by atoms with Crippen LogP contribution in [0.5, 0.6) is 0 Å². The molecule has 18 heavy (non-hydrogen) atoms. The molecule has 0 bridgehead atoms. The number of hydrogen-bond donors (Lipinski definition) is 1. The van der Waals surface area contributed by atoms with Crippen molar-refractivity contribution in [2.75, 3.05) is 13.2 Å². The SMILES string of the molecule is CCOC(=O)[C@]1(CCCN=[N+]=[N-])CCCC[C@@H]1O. The van der Waals surface area contributed by atoms with E-state index in [9.17, 15) is 9.90 Å². The van der Waals surface area contributed by atoms with Crippen molar-refractivity contribution in [3.63, 3.8) is 0 Å². The minimum absolute atomic E-state index is 0.307. The van der Waals surface area contributed by atoms with E-state index in [0.717, 1.165) is 12.8 Å². The van der Waals surface area contributed by atoms with Gasteiger partial charge in [0.05, 0.1) is 18.1 Å². The van der Waals surface area contributed by atoms with Crippen molar-refractivity contribution >= 4 is 5.97 Å². The summed E-state index contributed by atoms with van der Waals surface area (Å²) in [7, 11) is 0. The molecule has 6 heteroatoms. The molecule has 1 saturated carbocycles. The van der Waals surface area contributed by atoms with E-state index in [1.807, 2.05) is 0 Å². The number of carbonyl (C=O) groups excluding carboxylic acids is 1. The van der Waals surface area contributed by atoms with Gasteiger partial charge in [-0.2, -0.15) is 0 Å². The van der Waals surface area contributed by atoms with Gasteiger partial charge in [-0.15, -0.1) is 0 Å². The van der Waals surface area contributed by atoms with Gasteiger partial charge in [0.15, 0.2) is 0 Å². The smallest absolute Gasteiger partial charge is 0.314 e. The fourth-order valence-corrected chi connectivity index (χ4v) is 2.64. The van der Waals surface area contributed by atoms with E-state index in [1.54, 1.807) is 6.92 Å². The Labute approximate surface area is 107 Å². The zero-order valence-corrected chi connectivity index (χ0v) is 10.8. The van der Waals surface area contributed by atoms with E-state index in [-0.39, 0.29) is 5.97 Å². The van der Waals surface area contributed by atoms with Crippen molar-refractivity contribution < 1.29 is 14.6 Å². The number of aliphatic hydroxyl groups is 1. The predicted molar refractivity (Wildman–Crippen MR) is 66.8 cm³/mol. The van der Waals surface area contributed by atoms with E-state index < -0.39 is 11.5 Å². The molecule has 6 nitrogen and oxygen atoms in total. The fraction of sp³-hybridized carbons (Fsp3) is 0.917. The topological polar surface area (TPSA) is 95.3 Å². The maximum Gasteiger partial charge on any atom is 0.314 e. The molecule has 102 valence electrons. The summed E-state index contributed by atoms with van der Waals surface area (Å²) in [6, 6.07) is 0. The van der Waals surface area contributed by atoms with Crippen molar-refractivity contribution in [3.05, 3.63) is 10.4 Å². The number of ether oxygens (including phenoxy) is 1. The molecule has 1 aliphatic rings. The lowest BCUT2D eigenvalue weighted by Crippen LogP contribution is -2.46. The Hall–Kier alpha value is -1.26. The highest BCUT2D eigenvalue weighted by Crippen LogP contribution is 2.41. The van der Waals surface area contributed by atoms with Crippen molar-refractivity contribution in [2.45, 2.75) is 51.6 Å². The first-order valence-corrected chi connectivity index (χ1v) is 6.53. The van der Waals surface area contributed by atoms with Gasteiger partial charge in [-0.25, -0.2) is 0 Å². The maximum absolute atomic E-state index is 12.1. The van der Waals surface area contributed by atoms with Crippen LogP contribution in [0.3, 0.4) is 0 Å². The molecule has 1 aliphatic carbocycles. The molecule has 0 aliphatic heterocycles. The van der Waals surface area contributed by atoms with Crippen LogP contribution >= 0.6 is 0 Å². The fourth-order valence-electron chi connectivity index (χ4n) is 2.64. The second-order valence-electron chi connectivity index (χ2n) is 4.70. The molecule has 0 amide bonds. The van der Waals surface area contributed by atoms with Crippen LogP contribution in [0.1, 0.15) is 45.4 Å². The summed E-state index contributed by atoms with van der Waals surface area (Å²) in [6.07, 6.45) is 3.64. The molecule has 0 spiro atoms. The van der Waals surface area contributed by atoms with E-state index in [1.165, 1.54) is 0 Å². The number of hydrogen-bond acceptors (Lipinski definition) is 4. The molecule has 0 aromatic rings. The average molecular weight is 255 g/mol. The van der Waals surface area contributed by atoms with Crippen LogP contribution in [0.2, 0.25) is 0 Å². The molecule has 2 atom stereocenters. The molecular weight excluding hydrogens is 234 g/mol. The third-order valence-corrected chi connectivity index (χ3v) is 3.61. The van der Waals surface area contributed by atoms with Gasteiger partial charge in [0.25, 0.3) is 0 Å². The molecule has 1 fully saturated rings. The van der Waals surface area contributed by atoms with Crippen LogP contribution < -0.4 is 0 Å². The molecule has 0 aromatic heterocycles. The largest absolute Gasteiger partial charge is 0.465 e. The van der Waals surface area contributed by atoms with Gasteiger partial charge in [0.2, 0.25) is 0 Å². The van der Waals surface area contributed by atoms with Gasteiger partial charge >= 0.3 is 5.97 Å². The summed E-state index contributed by atoms with van der Waals surface area (Å²) in [5.74, 6) is -0.307. The summed E-state index contributed by atoms with van der Waals surface area (Å²) in [4.78, 5) is 14.8. The minimum Gasteiger partial charge on any atom is -0.465 e. The molecule has 0 heterocycles. The van der Waals surface area contributed by atoms with E-state index in [0.29, 0.717) is 38.8 Å². The van der Waals surface area contributed by atoms with Crippen LogP contribution in [0.25, 0.3) is 10.4 Å². The second-order valence-corrected chi connectivity index (χ2v) is 4.70. The Bertz CT molecular complexity index is 329. The number of azide groups is 1. The molecule has 1 N–H and O–H groups in total. The molecule has 0 saturated heterocycles. The Morgan fingerprint density at radius 1 is 1.61 bits per heavy atom. The average Bonchev–Trinajstić information content (AvgIpc) is 2.37. The molecular formula is C12H21N3O3. The first kappa shape index (κ1) is 14.8. The highest BCUT2D eigenvalue weighted by molar-refractivity contribution is 5.77. The van der Waals surface area contributed by atoms with Crippen LogP contribution in [0.15, 0.2) is 5.11 Å². The first-order valence-electron chi connectivity index (χ1n) is 6.53. The van der Waals surface area contributed by atoms with Crippen LogP contribution in [-0.2, 0) is 9.53 Å². The number of rotatable bonds is 6. The Morgan fingerprint density at radius 2 is 2.39 bits per heavy atom. The van der Waals surface area contributed by atoms with Crippen molar-refractivity contribution in [2.24, 2.45) is 10.5 Å². The second kappa shape index (κ2) is 7.24. The number of esters is 1. The van der Waals surface area contributed by atoms with Gasteiger partial charge in [-0.05, 0) is 38.1 Å². The number of carbonyl (C=O) groups is 1. The summed E-state index contributed by atoms with van der Waals surface area (Å²) >= 11 is 0. The summed E-state index contributed by atoms with van der Waals surface area (Å²) < 4.78 is 5.11. The highest BCUT2D eigenvalue weighted by atomic mass is 16.5. The lowest BCUT2D eigenvalue weighted by molar-refractivity contribution is -0.167. The standard InChI is InChI=1S/C12H21N3O3/c1-2-18-11(17)12(8-5-9-14-15-13)7-4-3-6-10(12)16/h10,16H,2-9H2,1H3/t10-,12-/m0/s1. The molecule has 0 radical (unpaired) electrons. The third-order valence-electron chi connectivity index (χ3n) is 3.61. The van der Waals surface area contributed by atoms with Gasteiger partial charge in [0, 0.05) is 11.5 Å². The zero-order valence-electron chi connectivity index (χ0n) is 10.8. The first-order chi connectivity index (χ1) is 8.67. The Balaban J connectivity index is 2.72. The van der Waals surface area contributed by atoms with Crippen molar-refractivity contribution in [1.29, 1.82) is 0 Å². The van der Waals surface area contributed by atoms with Gasteiger partial charge in [-0.1, -0.05) is 18.0 Å². The quantitative estimate of drug-likeness (QED) is 0.260. The number of aliphatic hydroxyl groups excluding tert-OH is 1. The minimum atomic E-state index is -0.792. The molecule has 0 unspecified atom stereocenters. The van der Waals surface area contributed by atoms with E-state index >= 15 is 0 Å². The van der Waals surface area contributed by atoms with Gasteiger partial charge in [0.1, 0.15) is 0 Å². The molecule has 0 aromatic carbocycles. The lowest BCUT2D eigenvalue weighted by atomic mass is 9.69. The van der Waals surface area contributed by atoms with Crippen molar-refractivity contribution in [1.82, 2.24) is 0 Å². The Morgan fingerprint density at radius 3 is 3.00 bits per heavy atom. The summed E-state index contributed by atoms with van der Waals surface area (Å²) in [5.41, 5.74) is 7.44. The van der Waals surface area contributed by atoms with Gasteiger partial charge < -0.3 is 9.84 Å². The summed E-state index contributed by atoms with van der Waals surface area (Å²) in [6.45, 7) is 2.44. The number of nitrogens with zero attached hydrogens (tertiary/aromatic N) is 3. The van der Waals surface area contributed by atoms with Crippen molar-refractivity contribution in [3.8, 4) is 0 Å². The lowest BCUT2D eigenvalue weighted by Gasteiger charge is -2.39. The van der Waals surface area contributed by atoms with Crippen LogP contribution in [0, 0.1) is 5.41 Å². The Kier molecular flexibility index (Phi) is 5.95. The van der Waals surface area contributed by atoms with E-state index in [2.05, 4.69) is 10.0 Å². The third kappa shape index (κ3) is 3.37. The maximum atomic E-state index is 12.1. The van der Waals surface area contributed by atoms with Crippen LogP contribution in [0.4, 0.5) is 0 Å².